The number of amides is 2. The molecule has 96 valence electrons. The number of aromatic nitrogens is 1. The molecule has 6 heteroatoms. The molecule has 0 atom stereocenters. The van der Waals surface area contributed by atoms with Crippen molar-refractivity contribution >= 4 is 17.6 Å². The zero-order valence-electron chi connectivity index (χ0n) is 10.3. The minimum Gasteiger partial charge on any atom is -0.353 e. The number of anilines is 1. The molecule has 0 aliphatic carbocycles. The Balaban J connectivity index is 1.92. The predicted octanol–water partition coefficient (Wildman–Crippen LogP) is -0.524. The fourth-order valence-corrected chi connectivity index (χ4v) is 1.93. The van der Waals surface area contributed by atoms with Gasteiger partial charge in [-0.1, -0.05) is 6.07 Å². The third-order valence-electron chi connectivity index (χ3n) is 2.96. The highest BCUT2D eigenvalue weighted by Gasteiger charge is 2.25. The highest BCUT2D eigenvalue weighted by molar-refractivity contribution is 6.34. The van der Waals surface area contributed by atoms with E-state index in [1.807, 2.05) is 18.2 Å². The Morgan fingerprint density at radius 3 is 2.50 bits per heavy atom. The van der Waals surface area contributed by atoms with E-state index in [4.69, 9.17) is 0 Å². The van der Waals surface area contributed by atoms with Crippen LogP contribution in [-0.4, -0.2) is 54.9 Å². The van der Waals surface area contributed by atoms with Crippen molar-refractivity contribution in [3.63, 3.8) is 0 Å². The number of hydrogen-bond acceptors (Lipinski definition) is 4. The van der Waals surface area contributed by atoms with Crippen LogP contribution in [0.5, 0.6) is 0 Å². The summed E-state index contributed by atoms with van der Waals surface area (Å²) in [5.74, 6) is -0.107. The highest BCUT2D eigenvalue weighted by Crippen LogP contribution is 2.12. The van der Waals surface area contributed by atoms with Gasteiger partial charge in [0.2, 0.25) is 0 Å². The number of pyridine rings is 1. The molecule has 2 heterocycles. The van der Waals surface area contributed by atoms with Gasteiger partial charge in [-0.15, -0.1) is 0 Å². The molecule has 2 amide bonds. The van der Waals surface area contributed by atoms with Crippen LogP contribution in [-0.2, 0) is 9.59 Å². The standard InChI is InChI=1S/C12H16N4O2/c1-13-11(17)12(18)16-8-6-15(7-9-16)10-4-2-3-5-14-10/h2-5H,6-9H2,1H3,(H,13,17). The monoisotopic (exact) mass is 248 g/mol. The van der Waals surface area contributed by atoms with E-state index in [0.29, 0.717) is 26.2 Å². The molecule has 0 spiro atoms. The van der Waals surface area contributed by atoms with Gasteiger partial charge in [-0.3, -0.25) is 9.59 Å². The fraction of sp³-hybridized carbons (Fsp3) is 0.417. The van der Waals surface area contributed by atoms with Gasteiger partial charge < -0.3 is 15.1 Å². The summed E-state index contributed by atoms with van der Waals surface area (Å²) >= 11 is 0. The maximum Gasteiger partial charge on any atom is 0.311 e. The van der Waals surface area contributed by atoms with Crippen molar-refractivity contribution < 1.29 is 9.59 Å². The minimum absolute atomic E-state index is 0.460. The van der Waals surface area contributed by atoms with E-state index in [0.717, 1.165) is 5.82 Å². The number of nitrogens with one attached hydrogen (secondary N) is 1. The fourth-order valence-electron chi connectivity index (χ4n) is 1.93. The lowest BCUT2D eigenvalue weighted by atomic mass is 10.3. The first-order valence-corrected chi connectivity index (χ1v) is 5.89. The number of rotatable bonds is 1. The Bertz CT molecular complexity index is 427. The first kappa shape index (κ1) is 12.3. The molecule has 6 nitrogen and oxygen atoms in total. The van der Waals surface area contributed by atoms with Crippen molar-refractivity contribution in [3.05, 3.63) is 24.4 Å². The molecule has 1 aliphatic heterocycles. The first-order valence-electron chi connectivity index (χ1n) is 5.89. The van der Waals surface area contributed by atoms with Gasteiger partial charge in [0.1, 0.15) is 5.82 Å². The number of nitrogens with zero attached hydrogens (tertiary/aromatic N) is 3. The number of carbonyl (C=O) groups excluding carboxylic acids is 2. The second kappa shape index (κ2) is 5.48. The molecule has 0 saturated carbocycles. The van der Waals surface area contributed by atoms with Crippen molar-refractivity contribution in [3.8, 4) is 0 Å². The third kappa shape index (κ3) is 2.58. The van der Waals surface area contributed by atoms with Crippen molar-refractivity contribution in [1.29, 1.82) is 0 Å². The average molecular weight is 248 g/mol. The molecule has 1 fully saturated rings. The number of hydrogen-bond donors (Lipinski definition) is 1. The molecule has 0 unspecified atom stereocenters. The van der Waals surface area contributed by atoms with Crippen molar-refractivity contribution in [2.24, 2.45) is 0 Å². The molecule has 0 bridgehead atoms. The van der Waals surface area contributed by atoms with E-state index in [-0.39, 0.29) is 0 Å². The van der Waals surface area contributed by atoms with E-state index in [1.165, 1.54) is 7.05 Å². The van der Waals surface area contributed by atoms with E-state index in [1.54, 1.807) is 11.1 Å². The Kier molecular flexibility index (Phi) is 3.76. The lowest BCUT2D eigenvalue weighted by Crippen LogP contribution is -2.52. The Hall–Kier alpha value is -2.11. The number of likely N-dealkylation sites (N-methyl/N-ethyl adjacent to an activating group) is 1. The predicted molar refractivity (Wildman–Crippen MR) is 67.1 cm³/mol. The summed E-state index contributed by atoms with van der Waals surface area (Å²) in [6.45, 7) is 2.48. The summed E-state index contributed by atoms with van der Waals surface area (Å²) in [6, 6.07) is 5.75. The largest absolute Gasteiger partial charge is 0.353 e. The van der Waals surface area contributed by atoms with E-state index in [2.05, 4.69) is 15.2 Å². The zero-order valence-corrected chi connectivity index (χ0v) is 10.3. The van der Waals surface area contributed by atoms with Crippen molar-refractivity contribution in [2.75, 3.05) is 38.1 Å². The van der Waals surface area contributed by atoms with Crippen LogP contribution >= 0.6 is 0 Å². The summed E-state index contributed by atoms with van der Waals surface area (Å²) in [6.07, 6.45) is 1.75. The molecule has 1 N–H and O–H groups in total. The highest BCUT2D eigenvalue weighted by atomic mass is 16.2. The van der Waals surface area contributed by atoms with Crippen LogP contribution in [0.3, 0.4) is 0 Å². The normalized spacial score (nSPS) is 15.4. The lowest BCUT2D eigenvalue weighted by Gasteiger charge is -2.34. The van der Waals surface area contributed by atoms with Crippen LogP contribution in [0.1, 0.15) is 0 Å². The summed E-state index contributed by atoms with van der Waals surface area (Å²) in [5.41, 5.74) is 0. The Morgan fingerprint density at radius 1 is 1.22 bits per heavy atom. The van der Waals surface area contributed by atoms with Crippen LogP contribution in [0.2, 0.25) is 0 Å². The molecule has 0 radical (unpaired) electrons. The molecule has 2 rings (SSSR count). The maximum atomic E-state index is 11.7. The summed E-state index contributed by atoms with van der Waals surface area (Å²) < 4.78 is 0. The zero-order chi connectivity index (χ0) is 13.0. The Labute approximate surface area is 106 Å². The van der Waals surface area contributed by atoms with Crippen LogP contribution in [0.15, 0.2) is 24.4 Å². The van der Waals surface area contributed by atoms with Gasteiger partial charge in [-0.2, -0.15) is 0 Å². The summed E-state index contributed by atoms with van der Waals surface area (Å²) in [4.78, 5) is 30.8. The molecule has 1 aromatic rings. The second-order valence-electron chi connectivity index (χ2n) is 4.05. The molecule has 1 aliphatic rings. The van der Waals surface area contributed by atoms with E-state index < -0.39 is 11.8 Å². The minimum atomic E-state index is -0.554. The topological polar surface area (TPSA) is 65.5 Å². The molecular formula is C12H16N4O2. The third-order valence-corrected chi connectivity index (χ3v) is 2.96. The van der Waals surface area contributed by atoms with Crippen LogP contribution in [0.25, 0.3) is 0 Å². The SMILES string of the molecule is CNC(=O)C(=O)N1CCN(c2ccccn2)CC1. The van der Waals surface area contributed by atoms with Gasteiger partial charge >= 0.3 is 11.8 Å². The van der Waals surface area contributed by atoms with Gasteiger partial charge in [-0.05, 0) is 12.1 Å². The maximum absolute atomic E-state index is 11.7. The number of piperazine rings is 1. The van der Waals surface area contributed by atoms with Crippen LogP contribution < -0.4 is 10.2 Å². The van der Waals surface area contributed by atoms with Gasteiger partial charge in [0.15, 0.2) is 0 Å². The van der Waals surface area contributed by atoms with Crippen LogP contribution in [0.4, 0.5) is 5.82 Å². The first-order chi connectivity index (χ1) is 8.72. The van der Waals surface area contributed by atoms with Crippen molar-refractivity contribution in [1.82, 2.24) is 15.2 Å². The molecule has 1 saturated heterocycles. The van der Waals surface area contributed by atoms with Crippen molar-refractivity contribution in [2.45, 2.75) is 0 Å². The lowest BCUT2D eigenvalue weighted by molar-refractivity contribution is -0.145. The average Bonchev–Trinajstić information content (AvgIpc) is 2.47. The molecule has 18 heavy (non-hydrogen) atoms. The Morgan fingerprint density at radius 2 is 1.94 bits per heavy atom. The summed E-state index contributed by atoms with van der Waals surface area (Å²) in [5, 5.41) is 2.35. The van der Waals surface area contributed by atoms with E-state index in [9.17, 15) is 9.59 Å². The smallest absolute Gasteiger partial charge is 0.311 e. The second-order valence-corrected chi connectivity index (χ2v) is 4.05. The molecule has 0 aromatic carbocycles. The van der Waals surface area contributed by atoms with Crippen LogP contribution in [0, 0.1) is 0 Å². The summed E-state index contributed by atoms with van der Waals surface area (Å²) in [7, 11) is 1.46. The van der Waals surface area contributed by atoms with Gasteiger partial charge in [0.05, 0.1) is 0 Å². The molecular weight excluding hydrogens is 232 g/mol. The van der Waals surface area contributed by atoms with Gasteiger partial charge in [-0.25, -0.2) is 4.98 Å². The van der Waals surface area contributed by atoms with Gasteiger partial charge in [0.25, 0.3) is 0 Å². The molecule has 1 aromatic heterocycles. The quantitative estimate of drug-likeness (QED) is 0.679. The number of carbonyl (C=O) groups is 2. The van der Waals surface area contributed by atoms with E-state index >= 15 is 0 Å². The van der Waals surface area contributed by atoms with Gasteiger partial charge in [0, 0.05) is 39.4 Å².